The summed E-state index contributed by atoms with van der Waals surface area (Å²) in [6, 6.07) is 2.12. The normalized spacial score (nSPS) is 20.8. The van der Waals surface area contributed by atoms with Crippen LogP contribution in [0.25, 0.3) is 16.6 Å². The minimum atomic E-state index is 0.169. The number of aromatic nitrogens is 3. The fourth-order valence-electron chi connectivity index (χ4n) is 4.09. The molecule has 1 saturated heterocycles. The minimum absolute atomic E-state index is 0.169. The number of fused-ring (bicyclic) bond motifs is 2. The Hall–Kier alpha value is -2.54. The zero-order valence-electron chi connectivity index (χ0n) is 18.1. The molecule has 158 valence electrons. The van der Waals surface area contributed by atoms with Gasteiger partial charge in [0, 0.05) is 56.7 Å². The lowest BCUT2D eigenvalue weighted by Crippen LogP contribution is -2.36. The molecule has 30 heavy (non-hydrogen) atoms. The van der Waals surface area contributed by atoms with Crippen LogP contribution < -0.4 is 0 Å². The average Bonchev–Trinajstić information content (AvgIpc) is 3.37. The first kappa shape index (κ1) is 20.7. The maximum atomic E-state index is 12.9. The quantitative estimate of drug-likeness (QED) is 0.725. The number of rotatable bonds is 2. The summed E-state index contributed by atoms with van der Waals surface area (Å²) in [5, 5.41) is 5.54. The second kappa shape index (κ2) is 8.68. The maximum Gasteiger partial charge on any atom is 0.260 e. The SMILES string of the molecule is CC.CN1C=C(c2cnc3nn(C)cc3c2)C=C2C=C(C(=O)N3CCCCC3)SC21. The molecule has 5 rings (SSSR count). The van der Waals surface area contributed by atoms with Crippen molar-refractivity contribution in [3.05, 3.63) is 52.9 Å². The highest BCUT2D eigenvalue weighted by molar-refractivity contribution is 8.05. The monoisotopic (exact) mass is 423 g/mol. The van der Waals surface area contributed by atoms with Gasteiger partial charge in [-0.05, 0) is 48.6 Å². The number of allylic oxidation sites excluding steroid dienone is 2. The molecule has 0 N–H and O–H groups in total. The molecule has 0 aromatic carbocycles. The predicted molar refractivity (Wildman–Crippen MR) is 124 cm³/mol. The van der Waals surface area contributed by atoms with Crippen LogP contribution in [-0.2, 0) is 11.8 Å². The fourth-order valence-corrected chi connectivity index (χ4v) is 5.27. The van der Waals surface area contributed by atoms with Gasteiger partial charge in [-0.1, -0.05) is 25.6 Å². The molecule has 0 spiro atoms. The minimum Gasteiger partial charge on any atom is -0.364 e. The van der Waals surface area contributed by atoms with Crippen LogP contribution in [0.5, 0.6) is 0 Å². The Morgan fingerprint density at radius 3 is 2.67 bits per heavy atom. The summed E-state index contributed by atoms with van der Waals surface area (Å²) in [4.78, 5) is 22.5. The molecule has 0 bridgehead atoms. The summed E-state index contributed by atoms with van der Waals surface area (Å²) in [6.45, 7) is 5.77. The Labute approximate surface area is 182 Å². The predicted octanol–water partition coefficient (Wildman–Crippen LogP) is 4.18. The number of thioether (sulfide) groups is 1. The lowest BCUT2D eigenvalue weighted by molar-refractivity contribution is -0.127. The van der Waals surface area contributed by atoms with E-state index in [-0.39, 0.29) is 11.3 Å². The van der Waals surface area contributed by atoms with Crippen molar-refractivity contribution in [3.8, 4) is 0 Å². The van der Waals surface area contributed by atoms with Gasteiger partial charge in [0.15, 0.2) is 5.65 Å². The van der Waals surface area contributed by atoms with Gasteiger partial charge < -0.3 is 9.80 Å². The summed E-state index contributed by atoms with van der Waals surface area (Å²) < 4.78 is 1.78. The fraction of sp³-hybridized carbons (Fsp3) is 0.435. The van der Waals surface area contributed by atoms with E-state index in [0.29, 0.717) is 0 Å². The number of hydrogen-bond donors (Lipinski definition) is 0. The molecule has 2 aromatic rings. The maximum absolute atomic E-state index is 12.9. The van der Waals surface area contributed by atoms with E-state index in [1.54, 1.807) is 16.4 Å². The summed E-state index contributed by atoms with van der Waals surface area (Å²) >= 11 is 1.66. The van der Waals surface area contributed by atoms with E-state index in [1.807, 2.05) is 38.2 Å². The first-order valence-electron chi connectivity index (χ1n) is 10.7. The molecule has 1 fully saturated rings. The van der Waals surface area contributed by atoms with Crippen molar-refractivity contribution >= 4 is 34.3 Å². The third kappa shape index (κ3) is 3.90. The van der Waals surface area contributed by atoms with Crippen molar-refractivity contribution in [1.82, 2.24) is 24.6 Å². The van der Waals surface area contributed by atoms with Crippen LogP contribution in [-0.4, -0.2) is 56.0 Å². The highest BCUT2D eigenvalue weighted by Gasteiger charge is 2.33. The summed E-state index contributed by atoms with van der Waals surface area (Å²) in [6.07, 6.45) is 13.7. The number of pyridine rings is 1. The van der Waals surface area contributed by atoms with Gasteiger partial charge in [-0.25, -0.2) is 4.98 Å². The van der Waals surface area contributed by atoms with Gasteiger partial charge in [0.2, 0.25) is 0 Å². The number of likely N-dealkylation sites (tertiary alicyclic amines) is 1. The zero-order valence-corrected chi connectivity index (χ0v) is 18.9. The molecule has 0 saturated carbocycles. The van der Waals surface area contributed by atoms with Gasteiger partial charge in [0.05, 0.1) is 4.91 Å². The highest BCUT2D eigenvalue weighted by Crippen LogP contribution is 2.43. The van der Waals surface area contributed by atoms with Crippen molar-refractivity contribution in [3.63, 3.8) is 0 Å². The summed E-state index contributed by atoms with van der Waals surface area (Å²) in [5.41, 5.74) is 4.10. The van der Waals surface area contributed by atoms with Crippen molar-refractivity contribution in [2.24, 2.45) is 7.05 Å². The summed E-state index contributed by atoms with van der Waals surface area (Å²) in [7, 11) is 3.98. The molecule has 3 aliphatic rings. The van der Waals surface area contributed by atoms with Gasteiger partial charge >= 0.3 is 0 Å². The first-order valence-corrected chi connectivity index (χ1v) is 11.6. The van der Waals surface area contributed by atoms with Gasteiger partial charge in [-0.15, -0.1) is 0 Å². The van der Waals surface area contributed by atoms with E-state index in [9.17, 15) is 4.79 Å². The number of likely N-dealkylation sites (N-methyl/N-ethyl adjacent to an activating group) is 1. The highest BCUT2D eigenvalue weighted by atomic mass is 32.2. The lowest BCUT2D eigenvalue weighted by Gasteiger charge is -2.29. The molecular weight excluding hydrogens is 394 g/mol. The van der Waals surface area contributed by atoms with Crippen LogP contribution in [0.1, 0.15) is 38.7 Å². The number of piperidine rings is 1. The van der Waals surface area contributed by atoms with Crippen molar-refractivity contribution in [1.29, 1.82) is 0 Å². The van der Waals surface area contributed by atoms with Crippen LogP contribution in [0.15, 0.2) is 47.3 Å². The van der Waals surface area contributed by atoms with Gasteiger partial charge in [0.1, 0.15) is 5.37 Å². The van der Waals surface area contributed by atoms with Gasteiger partial charge in [0.25, 0.3) is 5.91 Å². The Morgan fingerprint density at radius 1 is 1.13 bits per heavy atom. The van der Waals surface area contributed by atoms with E-state index in [0.717, 1.165) is 53.0 Å². The van der Waals surface area contributed by atoms with Crippen LogP contribution >= 0.6 is 11.8 Å². The number of hydrogen-bond acceptors (Lipinski definition) is 5. The van der Waals surface area contributed by atoms with Crippen LogP contribution in [0, 0.1) is 0 Å². The Balaban J connectivity index is 0.00000106. The second-order valence-electron chi connectivity index (χ2n) is 7.67. The van der Waals surface area contributed by atoms with Gasteiger partial charge in [-0.3, -0.25) is 9.48 Å². The van der Waals surface area contributed by atoms with E-state index in [4.69, 9.17) is 0 Å². The third-order valence-corrected chi connectivity index (χ3v) is 6.89. The first-order chi connectivity index (χ1) is 14.6. The number of carbonyl (C=O) groups is 1. The van der Waals surface area contributed by atoms with E-state index < -0.39 is 0 Å². The molecular formula is C23H29N5OS. The van der Waals surface area contributed by atoms with Crippen LogP contribution in [0.3, 0.4) is 0 Å². The average molecular weight is 424 g/mol. The largest absolute Gasteiger partial charge is 0.364 e. The number of carbonyl (C=O) groups excluding carboxylic acids is 1. The molecule has 3 aliphatic heterocycles. The lowest BCUT2D eigenvalue weighted by atomic mass is 10.0. The second-order valence-corrected chi connectivity index (χ2v) is 8.79. The molecule has 1 unspecified atom stereocenters. The van der Waals surface area contributed by atoms with Gasteiger partial charge in [-0.2, -0.15) is 5.10 Å². The van der Waals surface area contributed by atoms with Crippen LogP contribution in [0.2, 0.25) is 0 Å². The van der Waals surface area contributed by atoms with E-state index in [1.165, 1.54) is 12.0 Å². The Bertz CT molecular complexity index is 1050. The van der Waals surface area contributed by atoms with Crippen molar-refractivity contribution in [2.75, 3.05) is 20.1 Å². The third-order valence-electron chi connectivity index (χ3n) is 5.52. The molecule has 1 amide bonds. The van der Waals surface area contributed by atoms with Crippen molar-refractivity contribution in [2.45, 2.75) is 38.5 Å². The smallest absolute Gasteiger partial charge is 0.260 e. The van der Waals surface area contributed by atoms with Crippen LogP contribution in [0.4, 0.5) is 0 Å². The van der Waals surface area contributed by atoms with Crippen molar-refractivity contribution < 1.29 is 4.79 Å². The topological polar surface area (TPSA) is 54.3 Å². The van der Waals surface area contributed by atoms with E-state index in [2.05, 4.69) is 46.4 Å². The number of amides is 1. The zero-order chi connectivity index (χ0) is 21.3. The molecule has 7 heteroatoms. The molecule has 2 aromatic heterocycles. The molecule has 1 atom stereocenters. The standard InChI is InChI=1S/C21H23N5OS.C2H6/c1-24-12-16(15-9-17-13-25(2)23-19(17)22-11-15)8-14-10-18(28-21(14)24)20(27)26-6-4-3-5-7-26;1-2/h8-13,21H,3-7H2,1-2H3;1-2H3. The number of nitrogens with zero attached hydrogens (tertiary/aromatic N) is 5. The summed E-state index contributed by atoms with van der Waals surface area (Å²) in [5.74, 6) is 0.188. The molecule has 5 heterocycles. The Morgan fingerprint density at radius 2 is 1.90 bits per heavy atom. The molecule has 6 nitrogen and oxygen atoms in total. The molecule has 0 radical (unpaired) electrons. The molecule has 0 aliphatic carbocycles. The Kier molecular flexibility index (Phi) is 5.99. The number of aryl methyl sites for hydroxylation is 1. The van der Waals surface area contributed by atoms with E-state index >= 15 is 0 Å².